The van der Waals surface area contributed by atoms with Crippen molar-refractivity contribution < 1.29 is 0 Å². The monoisotopic (exact) mass is 242 g/mol. The molecule has 0 aliphatic rings. The Labute approximate surface area is 107 Å². The van der Waals surface area contributed by atoms with Gasteiger partial charge < -0.3 is 11.1 Å². The van der Waals surface area contributed by atoms with Crippen molar-refractivity contribution in [2.75, 3.05) is 5.32 Å². The molecule has 0 saturated heterocycles. The summed E-state index contributed by atoms with van der Waals surface area (Å²) in [4.78, 5) is 8.41. The largest absolute Gasteiger partial charge is 0.340 e. The Bertz CT molecular complexity index is 564. The predicted octanol–water partition coefficient (Wildman–Crippen LogP) is 2.60. The van der Waals surface area contributed by atoms with E-state index in [2.05, 4.69) is 48.2 Å². The number of rotatable bonds is 3. The summed E-state index contributed by atoms with van der Waals surface area (Å²) in [6.45, 7) is 6.70. The normalized spacial score (nSPS) is 10.4. The lowest BCUT2D eigenvalue weighted by atomic mass is 10.0. The maximum absolute atomic E-state index is 5.53. The third kappa shape index (κ3) is 2.49. The molecule has 0 saturated carbocycles. The van der Waals surface area contributed by atoms with Gasteiger partial charge in [0.2, 0.25) is 0 Å². The van der Waals surface area contributed by atoms with Gasteiger partial charge in [0, 0.05) is 11.9 Å². The molecule has 94 valence electrons. The van der Waals surface area contributed by atoms with Crippen molar-refractivity contribution in [1.29, 1.82) is 0 Å². The van der Waals surface area contributed by atoms with Crippen molar-refractivity contribution >= 4 is 11.5 Å². The number of nitrogens with two attached hydrogens (primary N) is 1. The number of hydrogen-bond donors (Lipinski definition) is 2. The molecule has 0 radical (unpaired) electrons. The first-order valence-electron chi connectivity index (χ1n) is 5.97. The predicted molar refractivity (Wildman–Crippen MR) is 73.9 cm³/mol. The quantitative estimate of drug-likeness (QED) is 0.868. The summed E-state index contributed by atoms with van der Waals surface area (Å²) >= 11 is 0. The Morgan fingerprint density at radius 2 is 1.89 bits per heavy atom. The van der Waals surface area contributed by atoms with Crippen LogP contribution in [0.1, 0.15) is 22.5 Å². The van der Waals surface area contributed by atoms with E-state index in [-0.39, 0.29) is 0 Å². The van der Waals surface area contributed by atoms with Crippen LogP contribution in [0.4, 0.5) is 11.5 Å². The van der Waals surface area contributed by atoms with Gasteiger partial charge >= 0.3 is 0 Å². The molecule has 3 N–H and O–H groups in total. The minimum absolute atomic E-state index is 0.349. The van der Waals surface area contributed by atoms with Crippen LogP contribution in [-0.2, 0) is 6.54 Å². The lowest BCUT2D eigenvalue weighted by molar-refractivity contribution is 0.912. The average Bonchev–Trinajstić information content (AvgIpc) is 2.40. The molecule has 2 rings (SSSR count). The SMILES string of the molecule is Cc1ccc(Nc2ccnc(CN)n2)c(C)c1C. The summed E-state index contributed by atoms with van der Waals surface area (Å²) < 4.78 is 0. The van der Waals surface area contributed by atoms with E-state index >= 15 is 0 Å². The standard InChI is InChI=1S/C14H18N4/c1-9-4-5-12(11(3)10(9)2)17-13-6-7-16-14(8-15)18-13/h4-7H,8,15H2,1-3H3,(H,16,17,18). The Hall–Kier alpha value is -1.94. The fraction of sp³-hybridized carbons (Fsp3) is 0.286. The van der Waals surface area contributed by atoms with Gasteiger partial charge in [-0.2, -0.15) is 0 Å². The molecule has 0 aliphatic carbocycles. The molecule has 0 fully saturated rings. The number of nitrogens with one attached hydrogen (secondary N) is 1. The van der Waals surface area contributed by atoms with E-state index < -0.39 is 0 Å². The molecule has 2 aromatic rings. The second-order valence-corrected chi connectivity index (χ2v) is 4.37. The van der Waals surface area contributed by atoms with Crippen molar-refractivity contribution in [2.45, 2.75) is 27.3 Å². The lowest BCUT2D eigenvalue weighted by Gasteiger charge is -2.13. The molecular formula is C14H18N4. The van der Waals surface area contributed by atoms with Crippen LogP contribution in [0.3, 0.4) is 0 Å². The van der Waals surface area contributed by atoms with Crippen LogP contribution in [-0.4, -0.2) is 9.97 Å². The van der Waals surface area contributed by atoms with Gasteiger partial charge in [-0.15, -0.1) is 0 Å². The molecule has 0 aliphatic heterocycles. The van der Waals surface area contributed by atoms with Gasteiger partial charge in [-0.05, 0) is 49.6 Å². The van der Waals surface area contributed by atoms with Gasteiger partial charge in [0.25, 0.3) is 0 Å². The van der Waals surface area contributed by atoms with Gasteiger partial charge in [0.15, 0.2) is 0 Å². The zero-order valence-corrected chi connectivity index (χ0v) is 11.0. The average molecular weight is 242 g/mol. The maximum atomic E-state index is 5.53. The van der Waals surface area contributed by atoms with Crippen molar-refractivity contribution in [2.24, 2.45) is 5.73 Å². The fourth-order valence-corrected chi connectivity index (χ4v) is 1.80. The highest BCUT2D eigenvalue weighted by Crippen LogP contribution is 2.24. The van der Waals surface area contributed by atoms with Gasteiger partial charge in [0.1, 0.15) is 11.6 Å². The molecule has 4 heteroatoms. The van der Waals surface area contributed by atoms with E-state index in [1.165, 1.54) is 16.7 Å². The van der Waals surface area contributed by atoms with E-state index in [9.17, 15) is 0 Å². The van der Waals surface area contributed by atoms with Crippen LogP contribution in [0, 0.1) is 20.8 Å². The van der Waals surface area contributed by atoms with E-state index in [1.807, 2.05) is 6.07 Å². The number of nitrogens with zero attached hydrogens (tertiary/aromatic N) is 2. The summed E-state index contributed by atoms with van der Waals surface area (Å²) in [6, 6.07) is 6.02. The molecular weight excluding hydrogens is 224 g/mol. The van der Waals surface area contributed by atoms with E-state index in [0.29, 0.717) is 12.4 Å². The topological polar surface area (TPSA) is 63.8 Å². The molecule has 0 unspecified atom stereocenters. The van der Waals surface area contributed by atoms with Crippen LogP contribution in [0.15, 0.2) is 24.4 Å². The molecule has 1 heterocycles. The Morgan fingerprint density at radius 3 is 2.61 bits per heavy atom. The molecule has 0 spiro atoms. The second-order valence-electron chi connectivity index (χ2n) is 4.37. The third-order valence-corrected chi connectivity index (χ3v) is 3.21. The molecule has 0 atom stereocenters. The first-order chi connectivity index (χ1) is 8.61. The Kier molecular flexibility index (Phi) is 3.58. The third-order valence-electron chi connectivity index (χ3n) is 3.21. The number of aromatic nitrogens is 2. The lowest BCUT2D eigenvalue weighted by Crippen LogP contribution is -2.05. The summed E-state index contributed by atoms with van der Waals surface area (Å²) in [5.74, 6) is 1.42. The first kappa shape index (κ1) is 12.5. The highest BCUT2D eigenvalue weighted by molar-refractivity contribution is 5.63. The van der Waals surface area contributed by atoms with E-state index in [0.717, 1.165) is 11.5 Å². The minimum Gasteiger partial charge on any atom is -0.340 e. The van der Waals surface area contributed by atoms with Crippen LogP contribution in [0.25, 0.3) is 0 Å². The summed E-state index contributed by atoms with van der Waals surface area (Å²) in [7, 11) is 0. The van der Waals surface area contributed by atoms with Gasteiger partial charge in [0.05, 0.1) is 6.54 Å². The number of anilines is 2. The van der Waals surface area contributed by atoms with Crippen molar-refractivity contribution in [3.05, 3.63) is 46.9 Å². The first-order valence-corrected chi connectivity index (χ1v) is 5.97. The van der Waals surface area contributed by atoms with E-state index in [4.69, 9.17) is 5.73 Å². The molecule has 18 heavy (non-hydrogen) atoms. The zero-order valence-electron chi connectivity index (χ0n) is 11.0. The van der Waals surface area contributed by atoms with Crippen molar-refractivity contribution in [3.63, 3.8) is 0 Å². The maximum Gasteiger partial charge on any atom is 0.144 e. The Balaban J connectivity index is 2.31. The van der Waals surface area contributed by atoms with Crippen LogP contribution in [0.5, 0.6) is 0 Å². The van der Waals surface area contributed by atoms with Gasteiger partial charge in [-0.1, -0.05) is 6.07 Å². The molecule has 1 aromatic carbocycles. The van der Waals surface area contributed by atoms with Gasteiger partial charge in [-0.3, -0.25) is 0 Å². The van der Waals surface area contributed by atoms with Crippen molar-refractivity contribution in [1.82, 2.24) is 9.97 Å². The minimum atomic E-state index is 0.349. The molecule has 0 amide bonds. The summed E-state index contributed by atoms with van der Waals surface area (Å²) in [5, 5.41) is 3.31. The molecule has 0 bridgehead atoms. The number of benzene rings is 1. The van der Waals surface area contributed by atoms with Crippen molar-refractivity contribution in [3.8, 4) is 0 Å². The summed E-state index contributed by atoms with van der Waals surface area (Å²) in [6.07, 6.45) is 1.72. The highest BCUT2D eigenvalue weighted by Gasteiger charge is 2.05. The van der Waals surface area contributed by atoms with Crippen LogP contribution >= 0.6 is 0 Å². The van der Waals surface area contributed by atoms with Crippen LogP contribution < -0.4 is 11.1 Å². The fourth-order valence-electron chi connectivity index (χ4n) is 1.80. The van der Waals surface area contributed by atoms with Gasteiger partial charge in [-0.25, -0.2) is 9.97 Å². The second kappa shape index (κ2) is 5.14. The zero-order chi connectivity index (χ0) is 13.1. The van der Waals surface area contributed by atoms with Crippen LogP contribution in [0.2, 0.25) is 0 Å². The number of hydrogen-bond acceptors (Lipinski definition) is 4. The highest BCUT2D eigenvalue weighted by atomic mass is 15.0. The summed E-state index contributed by atoms with van der Waals surface area (Å²) in [5.41, 5.74) is 10.4. The van der Waals surface area contributed by atoms with E-state index in [1.54, 1.807) is 6.20 Å². The number of aryl methyl sites for hydroxylation is 1. The Morgan fingerprint density at radius 1 is 1.11 bits per heavy atom. The smallest absolute Gasteiger partial charge is 0.144 e. The molecule has 1 aromatic heterocycles. The molecule has 4 nitrogen and oxygen atoms in total.